The van der Waals surface area contributed by atoms with E-state index < -0.39 is 0 Å². The molecule has 0 radical (unpaired) electrons. The van der Waals surface area contributed by atoms with Crippen LogP contribution >= 0.6 is 0 Å². The number of unbranched alkanes of at least 4 members (excludes halogenated alkanes) is 1. The summed E-state index contributed by atoms with van der Waals surface area (Å²) >= 11 is 0. The number of aromatic nitrogens is 1. The highest BCUT2D eigenvalue weighted by atomic mass is 14.9. The van der Waals surface area contributed by atoms with Crippen molar-refractivity contribution in [2.24, 2.45) is 5.92 Å². The lowest BCUT2D eigenvalue weighted by molar-refractivity contribution is 0.340. The fraction of sp³-hybridized carbons (Fsp3) is 0.500. The van der Waals surface area contributed by atoms with E-state index >= 15 is 0 Å². The molecule has 2 aromatic rings. The van der Waals surface area contributed by atoms with Gasteiger partial charge in [0.15, 0.2) is 0 Å². The van der Waals surface area contributed by atoms with Crippen molar-refractivity contribution in [3.63, 3.8) is 0 Å². The second-order valence-corrected chi connectivity index (χ2v) is 5.52. The summed E-state index contributed by atoms with van der Waals surface area (Å²) in [4.78, 5) is 4.31. The number of nitrogens with zero attached hydrogens (tertiary/aromatic N) is 1. The molecule has 2 unspecified atom stereocenters. The zero-order chi connectivity index (χ0) is 14.4. The Morgan fingerprint density at radius 3 is 2.75 bits per heavy atom. The summed E-state index contributed by atoms with van der Waals surface area (Å²) < 4.78 is 0. The molecule has 0 amide bonds. The molecule has 108 valence electrons. The Bertz CT molecular complexity index is 530. The van der Waals surface area contributed by atoms with Crippen molar-refractivity contribution in [2.45, 2.75) is 45.6 Å². The summed E-state index contributed by atoms with van der Waals surface area (Å²) in [5, 5.41) is 6.11. The van der Waals surface area contributed by atoms with Gasteiger partial charge in [-0.1, -0.05) is 51.3 Å². The van der Waals surface area contributed by atoms with Gasteiger partial charge in [0.25, 0.3) is 0 Å². The first-order chi connectivity index (χ1) is 9.81. The van der Waals surface area contributed by atoms with E-state index in [1.165, 1.54) is 42.0 Å². The second kappa shape index (κ2) is 7.39. The predicted octanol–water partition coefficient (Wildman–Crippen LogP) is 4.71. The molecule has 2 nitrogen and oxygen atoms in total. The third kappa shape index (κ3) is 3.18. The monoisotopic (exact) mass is 270 g/mol. The minimum atomic E-state index is 0.416. The maximum absolute atomic E-state index is 4.31. The third-order valence-electron chi connectivity index (χ3n) is 4.29. The van der Waals surface area contributed by atoms with Crippen LogP contribution in [0.15, 0.2) is 36.7 Å². The molecule has 0 aliphatic rings. The number of hydrogen-bond acceptors (Lipinski definition) is 2. The molecule has 20 heavy (non-hydrogen) atoms. The SMILES string of the molecule is CCCCC(CC)C(NC)c1cccc2ccncc12. The largest absolute Gasteiger partial charge is 0.313 e. The Kier molecular flexibility index (Phi) is 5.54. The Labute approximate surface area is 122 Å². The first-order valence-electron chi connectivity index (χ1n) is 7.81. The Morgan fingerprint density at radius 1 is 1.20 bits per heavy atom. The zero-order valence-electron chi connectivity index (χ0n) is 12.9. The van der Waals surface area contributed by atoms with Crippen molar-refractivity contribution in [3.05, 3.63) is 42.2 Å². The summed E-state index contributed by atoms with van der Waals surface area (Å²) in [5.41, 5.74) is 1.39. The van der Waals surface area contributed by atoms with Crippen LogP contribution in [0.5, 0.6) is 0 Å². The summed E-state index contributed by atoms with van der Waals surface area (Å²) in [6.45, 7) is 4.57. The van der Waals surface area contributed by atoms with Gasteiger partial charge < -0.3 is 5.32 Å². The maximum Gasteiger partial charge on any atom is 0.0352 e. The summed E-state index contributed by atoms with van der Waals surface area (Å²) in [6.07, 6.45) is 8.94. The Balaban J connectivity index is 2.37. The zero-order valence-corrected chi connectivity index (χ0v) is 12.9. The summed E-state index contributed by atoms with van der Waals surface area (Å²) in [6, 6.07) is 9.09. The molecule has 1 N–H and O–H groups in total. The van der Waals surface area contributed by atoms with Crippen molar-refractivity contribution >= 4 is 10.8 Å². The minimum absolute atomic E-state index is 0.416. The van der Waals surface area contributed by atoms with Crippen LogP contribution in [0.1, 0.15) is 51.1 Å². The topological polar surface area (TPSA) is 24.9 Å². The number of fused-ring (bicyclic) bond motifs is 1. The van der Waals surface area contributed by atoms with Crippen LogP contribution in [-0.2, 0) is 0 Å². The molecule has 1 aromatic heterocycles. The average molecular weight is 270 g/mol. The number of nitrogens with one attached hydrogen (secondary N) is 1. The lowest BCUT2D eigenvalue weighted by atomic mass is 9.85. The quantitative estimate of drug-likeness (QED) is 0.788. The standard InChI is InChI=1S/C18H26N2/c1-4-6-8-14(5-2)18(19-3)16-10-7-9-15-11-12-20-13-17(15)16/h7,9-14,18-19H,4-6,8H2,1-3H3. The number of hydrogen-bond donors (Lipinski definition) is 1. The van der Waals surface area contributed by atoms with E-state index in [1.807, 2.05) is 12.4 Å². The first kappa shape index (κ1) is 15.0. The molecular formula is C18H26N2. The highest BCUT2D eigenvalue weighted by molar-refractivity contribution is 5.85. The van der Waals surface area contributed by atoms with Crippen LogP contribution in [-0.4, -0.2) is 12.0 Å². The van der Waals surface area contributed by atoms with E-state index in [9.17, 15) is 0 Å². The van der Waals surface area contributed by atoms with E-state index in [2.05, 4.69) is 55.5 Å². The van der Waals surface area contributed by atoms with Crippen molar-refractivity contribution in [1.82, 2.24) is 10.3 Å². The molecular weight excluding hydrogens is 244 g/mol. The second-order valence-electron chi connectivity index (χ2n) is 5.52. The molecule has 1 heterocycles. The molecule has 0 fully saturated rings. The van der Waals surface area contributed by atoms with Gasteiger partial charge >= 0.3 is 0 Å². The average Bonchev–Trinajstić information content (AvgIpc) is 2.51. The maximum atomic E-state index is 4.31. The van der Waals surface area contributed by atoms with E-state index in [0.717, 1.165) is 0 Å². The number of benzene rings is 1. The van der Waals surface area contributed by atoms with Gasteiger partial charge in [-0.2, -0.15) is 0 Å². The predicted molar refractivity (Wildman–Crippen MR) is 86.8 cm³/mol. The van der Waals surface area contributed by atoms with Crippen LogP contribution in [0.25, 0.3) is 10.8 Å². The normalized spacial score (nSPS) is 14.3. The smallest absolute Gasteiger partial charge is 0.0352 e. The van der Waals surface area contributed by atoms with E-state index in [0.29, 0.717) is 12.0 Å². The molecule has 2 rings (SSSR count). The van der Waals surface area contributed by atoms with E-state index in [4.69, 9.17) is 0 Å². The van der Waals surface area contributed by atoms with Crippen LogP contribution in [0.3, 0.4) is 0 Å². The molecule has 0 aliphatic heterocycles. The lowest BCUT2D eigenvalue weighted by Gasteiger charge is -2.27. The van der Waals surface area contributed by atoms with E-state index in [1.54, 1.807) is 0 Å². The van der Waals surface area contributed by atoms with Gasteiger partial charge in [-0.15, -0.1) is 0 Å². The fourth-order valence-corrected chi connectivity index (χ4v) is 3.13. The molecule has 0 spiro atoms. The van der Waals surface area contributed by atoms with Crippen LogP contribution in [0.2, 0.25) is 0 Å². The van der Waals surface area contributed by atoms with Gasteiger partial charge in [0.2, 0.25) is 0 Å². The molecule has 0 bridgehead atoms. The van der Waals surface area contributed by atoms with Gasteiger partial charge in [0, 0.05) is 23.8 Å². The van der Waals surface area contributed by atoms with Crippen molar-refractivity contribution in [2.75, 3.05) is 7.05 Å². The van der Waals surface area contributed by atoms with Crippen molar-refractivity contribution < 1.29 is 0 Å². The summed E-state index contributed by atoms with van der Waals surface area (Å²) in [5.74, 6) is 0.686. The number of pyridine rings is 1. The van der Waals surface area contributed by atoms with E-state index in [-0.39, 0.29) is 0 Å². The molecule has 0 saturated heterocycles. The summed E-state index contributed by atoms with van der Waals surface area (Å²) in [7, 11) is 2.08. The fourth-order valence-electron chi connectivity index (χ4n) is 3.13. The van der Waals surface area contributed by atoms with Gasteiger partial charge in [0.1, 0.15) is 0 Å². The van der Waals surface area contributed by atoms with Crippen molar-refractivity contribution in [1.29, 1.82) is 0 Å². The third-order valence-corrected chi connectivity index (χ3v) is 4.29. The number of rotatable bonds is 7. The Morgan fingerprint density at radius 2 is 2.05 bits per heavy atom. The highest BCUT2D eigenvalue weighted by Crippen LogP contribution is 2.32. The van der Waals surface area contributed by atoms with Crippen LogP contribution in [0.4, 0.5) is 0 Å². The van der Waals surface area contributed by atoms with Gasteiger partial charge in [-0.25, -0.2) is 0 Å². The molecule has 2 heteroatoms. The Hall–Kier alpha value is -1.41. The van der Waals surface area contributed by atoms with Crippen molar-refractivity contribution in [3.8, 4) is 0 Å². The molecule has 0 aliphatic carbocycles. The van der Waals surface area contributed by atoms with Gasteiger partial charge in [-0.3, -0.25) is 4.98 Å². The van der Waals surface area contributed by atoms with Gasteiger partial charge in [-0.05, 0) is 36.4 Å². The van der Waals surface area contributed by atoms with Crippen LogP contribution < -0.4 is 5.32 Å². The van der Waals surface area contributed by atoms with Crippen LogP contribution in [0, 0.1) is 5.92 Å². The molecule has 0 saturated carbocycles. The molecule has 1 aromatic carbocycles. The highest BCUT2D eigenvalue weighted by Gasteiger charge is 2.21. The first-order valence-corrected chi connectivity index (χ1v) is 7.81. The minimum Gasteiger partial charge on any atom is -0.313 e. The van der Waals surface area contributed by atoms with Gasteiger partial charge in [0.05, 0.1) is 0 Å². The molecule has 2 atom stereocenters. The lowest BCUT2D eigenvalue weighted by Crippen LogP contribution is -2.25.